The van der Waals surface area contributed by atoms with Gasteiger partial charge in [-0.2, -0.15) is 0 Å². The molecule has 4 nitrogen and oxygen atoms in total. The van der Waals surface area contributed by atoms with E-state index in [9.17, 15) is 9.59 Å². The van der Waals surface area contributed by atoms with Crippen molar-refractivity contribution < 1.29 is 9.59 Å². The van der Waals surface area contributed by atoms with E-state index in [2.05, 4.69) is 16.7 Å². The molecule has 1 aliphatic rings. The molecule has 2 rings (SSSR count). The van der Waals surface area contributed by atoms with Crippen LogP contribution in [0.4, 0.5) is 5.69 Å². The van der Waals surface area contributed by atoms with Crippen molar-refractivity contribution in [2.75, 3.05) is 5.32 Å². The molecule has 0 heterocycles. The third-order valence-electron chi connectivity index (χ3n) is 3.67. The fourth-order valence-electron chi connectivity index (χ4n) is 2.62. The monoisotopic (exact) mass is 274 g/mol. The van der Waals surface area contributed by atoms with Crippen molar-refractivity contribution in [2.24, 2.45) is 5.92 Å². The zero-order valence-corrected chi connectivity index (χ0v) is 12.3. The summed E-state index contributed by atoms with van der Waals surface area (Å²) in [6, 6.07) is 5.57. The van der Waals surface area contributed by atoms with Crippen LogP contribution in [0.5, 0.6) is 0 Å². The van der Waals surface area contributed by atoms with Gasteiger partial charge in [0.05, 0.1) is 0 Å². The highest BCUT2D eigenvalue weighted by Gasteiger charge is 2.23. The molecule has 0 saturated heterocycles. The number of amides is 2. The first kappa shape index (κ1) is 14.6. The highest BCUT2D eigenvalue weighted by Crippen LogP contribution is 2.25. The molecule has 20 heavy (non-hydrogen) atoms. The molecule has 1 atom stereocenters. The Kier molecular flexibility index (Phi) is 4.42. The standard InChI is InChI=1S/C16H22N2O2/c1-10(2)15(17-11(3)19)16(20)18-14-8-7-12-5-4-6-13(12)9-14/h7-10,15H,4-6H2,1-3H3,(H,17,19)(H,18,20)/t15-/m1/s1. The van der Waals surface area contributed by atoms with Crippen molar-refractivity contribution in [3.05, 3.63) is 29.3 Å². The van der Waals surface area contributed by atoms with Crippen molar-refractivity contribution in [3.63, 3.8) is 0 Å². The summed E-state index contributed by atoms with van der Waals surface area (Å²) >= 11 is 0. The number of rotatable bonds is 4. The van der Waals surface area contributed by atoms with Crippen molar-refractivity contribution >= 4 is 17.5 Å². The van der Waals surface area contributed by atoms with Gasteiger partial charge in [-0.3, -0.25) is 9.59 Å². The molecule has 2 N–H and O–H groups in total. The van der Waals surface area contributed by atoms with Crippen LogP contribution in [0.3, 0.4) is 0 Å². The van der Waals surface area contributed by atoms with E-state index in [0.717, 1.165) is 18.5 Å². The van der Waals surface area contributed by atoms with Gasteiger partial charge in [-0.1, -0.05) is 19.9 Å². The third kappa shape index (κ3) is 3.38. The lowest BCUT2D eigenvalue weighted by molar-refractivity contribution is -0.126. The number of hydrogen-bond acceptors (Lipinski definition) is 2. The van der Waals surface area contributed by atoms with Gasteiger partial charge in [0.2, 0.25) is 11.8 Å². The first-order valence-corrected chi connectivity index (χ1v) is 7.17. The molecule has 0 aromatic heterocycles. The maximum atomic E-state index is 12.3. The second-order valence-corrected chi connectivity index (χ2v) is 5.75. The molecule has 0 aliphatic heterocycles. The summed E-state index contributed by atoms with van der Waals surface area (Å²) in [4.78, 5) is 23.4. The van der Waals surface area contributed by atoms with Crippen LogP contribution >= 0.6 is 0 Å². The number of nitrogens with one attached hydrogen (secondary N) is 2. The zero-order chi connectivity index (χ0) is 14.7. The largest absolute Gasteiger partial charge is 0.344 e. The Morgan fingerprint density at radius 1 is 1.15 bits per heavy atom. The lowest BCUT2D eigenvalue weighted by Gasteiger charge is -2.21. The maximum Gasteiger partial charge on any atom is 0.247 e. The summed E-state index contributed by atoms with van der Waals surface area (Å²) in [5, 5.41) is 5.61. The van der Waals surface area contributed by atoms with Gasteiger partial charge >= 0.3 is 0 Å². The second kappa shape index (κ2) is 6.07. The minimum absolute atomic E-state index is 0.0494. The van der Waals surface area contributed by atoms with Gasteiger partial charge in [0.15, 0.2) is 0 Å². The van der Waals surface area contributed by atoms with Gasteiger partial charge in [-0.15, -0.1) is 0 Å². The molecular weight excluding hydrogens is 252 g/mol. The summed E-state index contributed by atoms with van der Waals surface area (Å²) in [5.41, 5.74) is 3.51. The Labute approximate surface area is 119 Å². The van der Waals surface area contributed by atoms with E-state index in [4.69, 9.17) is 0 Å². The van der Waals surface area contributed by atoms with Crippen LogP contribution in [0.25, 0.3) is 0 Å². The Balaban J connectivity index is 2.07. The first-order chi connectivity index (χ1) is 9.47. The highest BCUT2D eigenvalue weighted by molar-refractivity contribution is 5.97. The van der Waals surface area contributed by atoms with E-state index in [0.29, 0.717) is 0 Å². The average Bonchev–Trinajstić information content (AvgIpc) is 2.82. The Morgan fingerprint density at radius 2 is 1.85 bits per heavy atom. The Bertz CT molecular complexity index is 523. The molecule has 1 aromatic rings. The Morgan fingerprint density at radius 3 is 2.50 bits per heavy atom. The average molecular weight is 274 g/mol. The summed E-state index contributed by atoms with van der Waals surface area (Å²) in [6.07, 6.45) is 3.40. The predicted molar refractivity (Wildman–Crippen MR) is 79.5 cm³/mol. The van der Waals surface area contributed by atoms with Crippen LogP contribution in [0.2, 0.25) is 0 Å². The van der Waals surface area contributed by atoms with Crippen LogP contribution in [-0.4, -0.2) is 17.9 Å². The van der Waals surface area contributed by atoms with Crippen molar-refractivity contribution in [1.29, 1.82) is 0 Å². The first-order valence-electron chi connectivity index (χ1n) is 7.17. The molecule has 0 radical (unpaired) electrons. The Hall–Kier alpha value is -1.84. The summed E-state index contributed by atoms with van der Waals surface area (Å²) < 4.78 is 0. The number of hydrogen-bond donors (Lipinski definition) is 2. The molecule has 0 unspecified atom stereocenters. The van der Waals surface area contributed by atoms with Crippen LogP contribution in [0.15, 0.2) is 18.2 Å². The lowest BCUT2D eigenvalue weighted by atomic mass is 10.0. The number of fused-ring (bicyclic) bond motifs is 1. The summed E-state index contributed by atoms with van der Waals surface area (Å²) in [5.74, 6) is -0.297. The van der Waals surface area contributed by atoms with E-state index in [-0.39, 0.29) is 17.7 Å². The van der Waals surface area contributed by atoms with Crippen LogP contribution in [0.1, 0.15) is 38.3 Å². The molecule has 1 aliphatic carbocycles. The predicted octanol–water partition coefficient (Wildman–Crippen LogP) is 2.27. The second-order valence-electron chi connectivity index (χ2n) is 5.75. The molecular formula is C16H22N2O2. The van der Waals surface area contributed by atoms with Crippen LogP contribution < -0.4 is 10.6 Å². The fourth-order valence-corrected chi connectivity index (χ4v) is 2.62. The van der Waals surface area contributed by atoms with Gasteiger partial charge in [-0.25, -0.2) is 0 Å². The number of carbonyl (C=O) groups excluding carboxylic acids is 2. The van der Waals surface area contributed by atoms with Gasteiger partial charge < -0.3 is 10.6 Å². The maximum absolute atomic E-state index is 12.3. The van der Waals surface area contributed by atoms with E-state index in [1.54, 1.807) is 0 Å². The van der Waals surface area contributed by atoms with Gasteiger partial charge in [0, 0.05) is 12.6 Å². The van der Waals surface area contributed by atoms with Crippen molar-refractivity contribution in [1.82, 2.24) is 5.32 Å². The lowest BCUT2D eigenvalue weighted by Crippen LogP contribution is -2.46. The molecule has 4 heteroatoms. The molecule has 1 aromatic carbocycles. The number of benzene rings is 1. The summed E-state index contributed by atoms with van der Waals surface area (Å²) in [7, 11) is 0. The van der Waals surface area contributed by atoms with E-state index in [1.807, 2.05) is 26.0 Å². The van der Waals surface area contributed by atoms with Crippen molar-refractivity contribution in [2.45, 2.75) is 46.1 Å². The van der Waals surface area contributed by atoms with E-state index < -0.39 is 6.04 Å². The van der Waals surface area contributed by atoms with Gasteiger partial charge in [0.25, 0.3) is 0 Å². The van der Waals surface area contributed by atoms with Crippen LogP contribution in [0, 0.1) is 5.92 Å². The molecule has 0 bridgehead atoms. The number of carbonyl (C=O) groups is 2. The SMILES string of the molecule is CC(=O)N[C@@H](C(=O)Nc1ccc2c(c1)CCC2)C(C)C. The third-order valence-corrected chi connectivity index (χ3v) is 3.67. The van der Waals surface area contributed by atoms with Gasteiger partial charge in [-0.05, 0) is 48.4 Å². The van der Waals surface area contributed by atoms with Crippen molar-refractivity contribution in [3.8, 4) is 0 Å². The summed E-state index contributed by atoms with van der Waals surface area (Å²) in [6.45, 7) is 5.27. The zero-order valence-electron chi connectivity index (χ0n) is 12.3. The molecule has 0 spiro atoms. The van der Waals surface area contributed by atoms with E-state index in [1.165, 1.54) is 24.5 Å². The molecule has 0 fully saturated rings. The topological polar surface area (TPSA) is 58.2 Å². The van der Waals surface area contributed by atoms with Crippen LogP contribution in [-0.2, 0) is 22.4 Å². The normalized spacial score (nSPS) is 14.8. The quantitative estimate of drug-likeness (QED) is 0.885. The molecule has 2 amide bonds. The van der Waals surface area contributed by atoms with E-state index >= 15 is 0 Å². The number of aryl methyl sites for hydroxylation is 2. The highest BCUT2D eigenvalue weighted by atomic mass is 16.2. The fraction of sp³-hybridized carbons (Fsp3) is 0.500. The van der Waals surface area contributed by atoms with Gasteiger partial charge in [0.1, 0.15) is 6.04 Å². The minimum atomic E-state index is -0.499. The molecule has 0 saturated carbocycles. The number of anilines is 1. The minimum Gasteiger partial charge on any atom is -0.344 e. The molecule has 108 valence electrons. The smallest absolute Gasteiger partial charge is 0.247 e.